The van der Waals surface area contributed by atoms with Crippen LogP contribution in [0.4, 0.5) is 5.69 Å². The molecule has 144 valence electrons. The quantitative estimate of drug-likeness (QED) is 0.837. The molecule has 0 radical (unpaired) electrons. The van der Waals surface area contributed by atoms with Crippen LogP contribution in [0.2, 0.25) is 0 Å². The molecule has 0 saturated carbocycles. The fourth-order valence-corrected chi connectivity index (χ4v) is 2.94. The number of rotatable bonds is 2. The lowest BCUT2D eigenvalue weighted by Crippen LogP contribution is -2.44. The average Bonchev–Trinajstić information content (AvgIpc) is 2.60. The number of anilines is 1. The fraction of sp³-hybridized carbons (Fsp3) is 0.579. The molecular formula is C19H29N3O4. The predicted molar refractivity (Wildman–Crippen MR) is 101 cm³/mol. The Morgan fingerprint density at radius 2 is 2.12 bits per heavy atom. The van der Waals surface area contributed by atoms with Gasteiger partial charge in [-0.05, 0) is 31.0 Å². The normalized spacial score (nSPS) is 24.7. The van der Waals surface area contributed by atoms with Gasteiger partial charge in [-0.1, -0.05) is 6.92 Å². The van der Waals surface area contributed by atoms with Crippen LogP contribution in [0.5, 0.6) is 5.75 Å². The molecule has 2 amide bonds. The highest BCUT2D eigenvalue weighted by Crippen LogP contribution is 2.25. The Kier molecular flexibility index (Phi) is 6.99. The summed E-state index contributed by atoms with van der Waals surface area (Å²) < 4.78 is 11.5. The number of carbonyl (C=O) groups is 2. The van der Waals surface area contributed by atoms with Crippen molar-refractivity contribution in [3.8, 4) is 5.75 Å². The molecule has 7 nitrogen and oxygen atoms in total. The van der Waals surface area contributed by atoms with Crippen molar-refractivity contribution in [1.29, 1.82) is 0 Å². The molecule has 0 aromatic heterocycles. The van der Waals surface area contributed by atoms with Gasteiger partial charge in [0, 0.05) is 45.9 Å². The summed E-state index contributed by atoms with van der Waals surface area (Å²) >= 11 is 0. The fourth-order valence-electron chi connectivity index (χ4n) is 2.94. The molecule has 1 aromatic rings. The lowest BCUT2D eigenvalue weighted by Gasteiger charge is -2.30. The monoisotopic (exact) mass is 363 g/mol. The molecular weight excluding hydrogens is 334 g/mol. The third kappa shape index (κ3) is 5.19. The van der Waals surface area contributed by atoms with E-state index in [0.29, 0.717) is 30.2 Å². The maximum absolute atomic E-state index is 13.0. The standard InChI is InChI=1S/C19H29N3O4/c1-12-9-20-13(2)11-26-17-7-6-15(21-14(3)23)8-16(17)19(24)22(4)10-18(12)25-5/h6-8,12-13,18,20H,9-11H2,1-5H3,(H,21,23)/t12-,13+,18+/m1/s1. The number of amides is 2. The second-order valence-electron chi connectivity index (χ2n) is 6.95. The smallest absolute Gasteiger partial charge is 0.257 e. The van der Waals surface area contributed by atoms with Crippen LogP contribution in [0.3, 0.4) is 0 Å². The van der Waals surface area contributed by atoms with Crippen LogP contribution in [-0.4, -0.2) is 62.7 Å². The van der Waals surface area contributed by atoms with Crippen molar-refractivity contribution in [2.75, 3.05) is 39.2 Å². The van der Waals surface area contributed by atoms with Crippen molar-refractivity contribution >= 4 is 17.5 Å². The topological polar surface area (TPSA) is 79.9 Å². The molecule has 0 fully saturated rings. The van der Waals surface area contributed by atoms with Crippen LogP contribution in [0.15, 0.2) is 18.2 Å². The first-order chi connectivity index (χ1) is 12.3. The van der Waals surface area contributed by atoms with Gasteiger partial charge < -0.3 is 25.0 Å². The van der Waals surface area contributed by atoms with Crippen LogP contribution >= 0.6 is 0 Å². The van der Waals surface area contributed by atoms with Gasteiger partial charge in [-0.15, -0.1) is 0 Å². The van der Waals surface area contributed by atoms with Crippen molar-refractivity contribution in [2.24, 2.45) is 5.92 Å². The van der Waals surface area contributed by atoms with E-state index in [9.17, 15) is 9.59 Å². The molecule has 7 heteroatoms. The van der Waals surface area contributed by atoms with Gasteiger partial charge >= 0.3 is 0 Å². The molecule has 2 N–H and O–H groups in total. The Hall–Kier alpha value is -2.12. The number of methoxy groups -OCH3 is 1. The number of likely N-dealkylation sites (N-methyl/N-ethyl adjacent to an activating group) is 1. The number of ether oxygens (including phenoxy) is 2. The predicted octanol–water partition coefficient (Wildman–Crippen LogP) is 1.74. The summed E-state index contributed by atoms with van der Waals surface area (Å²) in [5.74, 6) is 0.392. The first-order valence-corrected chi connectivity index (χ1v) is 8.88. The molecule has 0 aliphatic carbocycles. The van der Waals surface area contributed by atoms with E-state index in [0.717, 1.165) is 6.54 Å². The first-order valence-electron chi connectivity index (χ1n) is 8.88. The Morgan fingerprint density at radius 1 is 1.38 bits per heavy atom. The minimum atomic E-state index is -0.189. The maximum Gasteiger partial charge on any atom is 0.257 e. The Morgan fingerprint density at radius 3 is 2.77 bits per heavy atom. The van der Waals surface area contributed by atoms with Crippen molar-refractivity contribution < 1.29 is 19.1 Å². The highest BCUT2D eigenvalue weighted by molar-refractivity contribution is 5.99. The van der Waals surface area contributed by atoms with Gasteiger partial charge in [0.25, 0.3) is 5.91 Å². The summed E-state index contributed by atoms with van der Waals surface area (Å²) in [6.45, 7) is 7.26. The van der Waals surface area contributed by atoms with Crippen LogP contribution < -0.4 is 15.4 Å². The zero-order valence-corrected chi connectivity index (χ0v) is 16.2. The van der Waals surface area contributed by atoms with Gasteiger partial charge in [0.1, 0.15) is 12.4 Å². The van der Waals surface area contributed by atoms with Crippen LogP contribution in [-0.2, 0) is 9.53 Å². The molecule has 1 aromatic carbocycles. The van der Waals surface area contributed by atoms with Gasteiger partial charge in [-0.25, -0.2) is 0 Å². The summed E-state index contributed by atoms with van der Waals surface area (Å²) in [7, 11) is 3.42. The highest BCUT2D eigenvalue weighted by Gasteiger charge is 2.25. The molecule has 1 aliphatic heterocycles. The molecule has 1 aliphatic rings. The van der Waals surface area contributed by atoms with Gasteiger partial charge in [-0.3, -0.25) is 9.59 Å². The maximum atomic E-state index is 13.0. The zero-order chi connectivity index (χ0) is 19.3. The van der Waals surface area contributed by atoms with Gasteiger partial charge in [0.15, 0.2) is 0 Å². The molecule has 0 spiro atoms. The Bertz CT molecular complexity index is 650. The molecule has 0 bridgehead atoms. The molecule has 3 atom stereocenters. The molecule has 1 heterocycles. The Balaban J connectivity index is 2.37. The van der Waals surface area contributed by atoms with E-state index in [4.69, 9.17) is 9.47 Å². The number of nitrogens with zero attached hydrogens (tertiary/aromatic N) is 1. The number of carbonyl (C=O) groups excluding carboxylic acids is 2. The summed E-state index contributed by atoms with van der Waals surface area (Å²) in [4.78, 5) is 26.0. The number of fused-ring (bicyclic) bond motifs is 1. The van der Waals surface area contributed by atoms with Gasteiger partial charge in [0.2, 0.25) is 5.91 Å². The summed E-state index contributed by atoms with van der Waals surface area (Å²) in [6, 6.07) is 5.24. The SMILES string of the molecule is CO[C@H]1CN(C)C(=O)c2cc(NC(C)=O)ccc2OC[C@H](C)NC[C@H]1C. The second kappa shape index (κ2) is 9.00. The minimum absolute atomic E-state index is 0.0778. The van der Waals surface area contributed by atoms with Crippen molar-refractivity contribution in [3.63, 3.8) is 0 Å². The number of hydrogen-bond donors (Lipinski definition) is 2. The Labute approximate surface area is 155 Å². The number of nitrogens with one attached hydrogen (secondary N) is 2. The van der Waals surface area contributed by atoms with E-state index < -0.39 is 0 Å². The van der Waals surface area contributed by atoms with E-state index in [2.05, 4.69) is 17.6 Å². The first kappa shape index (κ1) is 20.2. The minimum Gasteiger partial charge on any atom is -0.491 e. The van der Waals surface area contributed by atoms with Crippen LogP contribution in [0, 0.1) is 5.92 Å². The summed E-state index contributed by atoms with van der Waals surface area (Å²) in [5, 5.41) is 6.15. The molecule has 26 heavy (non-hydrogen) atoms. The third-order valence-electron chi connectivity index (χ3n) is 4.55. The van der Waals surface area contributed by atoms with Crippen molar-refractivity contribution in [1.82, 2.24) is 10.2 Å². The van der Waals surface area contributed by atoms with E-state index in [1.165, 1.54) is 6.92 Å². The van der Waals surface area contributed by atoms with Gasteiger partial charge in [0.05, 0.1) is 11.7 Å². The number of hydrogen-bond acceptors (Lipinski definition) is 5. The summed E-state index contributed by atoms with van der Waals surface area (Å²) in [6.07, 6.45) is -0.0778. The summed E-state index contributed by atoms with van der Waals surface area (Å²) in [5.41, 5.74) is 0.991. The van der Waals surface area contributed by atoms with Crippen LogP contribution in [0.25, 0.3) is 0 Å². The molecule has 0 saturated heterocycles. The van der Waals surface area contributed by atoms with E-state index >= 15 is 0 Å². The van der Waals surface area contributed by atoms with E-state index in [-0.39, 0.29) is 29.9 Å². The van der Waals surface area contributed by atoms with Crippen molar-refractivity contribution in [2.45, 2.75) is 32.9 Å². The number of benzene rings is 1. The molecule has 2 rings (SSSR count). The van der Waals surface area contributed by atoms with Crippen LogP contribution in [0.1, 0.15) is 31.1 Å². The second-order valence-corrected chi connectivity index (χ2v) is 6.95. The average molecular weight is 363 g/mol. The highest BCUT2D eigenvalue weighted by atomic mass is 16.5. The molecule has 0 unspecified atom stereocenters. The van der Waals surface area contributed by atoms with Gasteiger partial charge in [-0.2, -0.15) is 0 Å². The van der Waals surface area contributed by atoms with Crippen molar-refractivity contribution in [3.05, 3.63) is 23.8 Å². The van der Waals surface area contributed by atoms with E-state index in [1.807, 2.05) is 6.92 Å². The van der Waals surface area contributed by atoms with E-state index in [1.54, 1.807) is 37.3 Å². The largest absolute Gasteiger partial charge is 0.491 e. The zero-order valence-electron chi connectivity index (χ0n) is 16.2. The lowest BCUT2D eigenvalue weighted by molar-refractivity contribution is -0.114. The third-order valence-corrected chi connectivity index (χ3v) is 4.55. The lowest BCUT2D eigenvalue weighted by atomic mass is 10.0.